The number of nitrogens with one attached hydrogen (secondary N) is 1. The van der Waals surface area contributed by atoms with Gasteiger partial charge in [0.25, 0.3) is 0 Å². The Morgan fingerprint density at radius 3 is 2.87 bits per heavy atom. The summed E-state index contributed by atoms with van der Waals surface area (Å²) in [4.78, 5) is 1.43. The number of benzene rings is 1. The number of hydrogen-bond donors (Lipinski definition) is 1. The van der Waals surface area contributed by atoms with E-state index in [1.807, 2.05) is 11.8 Å². The molecule has 0 amide bonds. The van der Waals surface area contributed by atoms with Crippen LogP contribution in [0.1, 0.15) is 31.9 Å². The van der Waals surface area contributed by atoms with Gasteiger partial charge in [-0.25, -0.2) is 0 Å². The minimum Gasteiger partial charge on any atom is -0.309 e. The number of fused-ring (bicyclic) bond motifs is 1. The van der Waals surface area contributed by atoms with E-state index in [9.17, 15) is 0 Å². The molecule has 2 rings (SSSR count). The molecule has 2 atom stereocenters. The summed E-state index contributed by atoms with van der Waals surface area (Å²) in [5.74, 6) is 0. The summed E-state index contributed by atoms with van der Waals surface area (Å²) in [6.07, 6.45) is 1.21. The third kappa shape index (κ3) is 2.10. The molecule has 0 aliphatic carbocycles. The molecule has 0 fully saturated rings. The quantitative estimate of drug-likeness (QED) is 0.902. The molecule has 0 saturated carbocycles. The molecule has 1 aliphatic heterocycles. The van der Waals surface area contributed by atoms with Crippen molar-refractivity contribution >= 4 is 27.7 Å². The van der Waals surface area contributed by atoms with Crippen molar-refractivity contribution in [2.45, 2.75) is 36.5 Å². The van der Waals surface area contributed by atoms with Crippen molar-refractivity contribution in [1.82, 2.24) is 5.32 Å². The van der Waals surface area contributed by atoms with Gasteiger partial charge in [0.1, 0.15) is 0 Å². The van der Waals surface area contributed by atoms with E-state index in [1.54, 1.807) is 0 Å². The van der Waals surface area contributed by atoms with Gasteiger partial charge in [0.2, 0.25) is 0 Å². The lowest BCUT2D eigenvalue weighted by Crippen LogP contribution is -2.26. The van der Waals surface area contributed by atoms with E-state index in [4.69, 9.17) is 0 Å². The van der Waals surface area contributed by atoms with Gasteiger partial charge in [-0.3, -0.25) is 0 Å². The number of hydrogen-bond acceptors (Lipinski definition) is 2. The molecule has 0 radical (unpaired) electrons. The maximum Gasteiger partial charge on any atom is 0.0455 e. The van der Waals surface area contributed by atoms with Crippen molar-refractivity contribution in [3.05, 3.63) is 28.2 Å². The zero-order valence-electron chi connectivity index (χ0n) is 9.09. The predicted molar refractivity (Wildman–Crippen MR) is 70.5 cm³/mol. The third-order valence-corrected chi connectivity index (χ3v) is 5.32. The van der Waals surface area contributed by atoms with Crippen molar-refractivity contribution in [3.8, 4) is 0 Å². The van der Waals surface area contributed by atoms with Gasteiger partial charge in [-0.05, 0) is 40.5 Å². The topological polar surface area (TPSA) is 12.0 Å². The molecule has 0 aromatic heterocycles. The number of thioether (sulfide) groups is 1. The summed E-state index contributed by atoms with van der Waals surface area (Å²) < 4.78 is 1.24. The van der Waals surface area contributed by atoms with Crippen LogP contribution in [0.3, 0.4) is 0 Å². The van der Waals surface area contributed by atoms with E-state index in [2.05, 4.69) is 53.3 Å². The molecule has 1 aliphatic rings. The molecule has 1 aromatic carbocycles. The largest absolute Gasteiger partial charge is 0.309 e. The van der Waals surface area contributed by atoms with Gasteiger partial charge in [0.05, 0.1) is 0 Å². The minimum atomic E-state index is 0.525. The highest BCUT2D eigenvalue weighted by Gasteiger charge is 2.32. The highest BCUT2D eigenvalue weighted by Crippen LogP contribution is 2.48. The fraction of sp³-hybridized carbons (Fsp3) is 0.500. The Labute approximate surface area is 104 Å². The van der Waals surface area contributed by atoms with Gasteiger partial charge in [0.15, 0.2) is 0 Å². The first-order valence-electron chi connectivity index (χ1n) is 5.46. The second-order valence-corrected chi connectivity index (χ2v) is 5.86. The molecule has 82 valence electrons. The van der Waals surface area contributed by atoms with Crippen LogP contribution in [0.5, 0.6) is 0 Å². The van der Waals surface area contributed by atoms with Crippen LogP contribution in [0.2, 0.25) is 0 Å². The Hall–Kier alpha value is 0.01000. The van der Waals surface area contributed by atoms with Crippen LogP contribution in [0.15, 0.2) is 27.6 Å². The van der Waals surface area contributed by atoms with Crippen LogP contribution < -0.4 is 5.32 Å². The summed E-state index contributed by atoms with van der Waals surface area (Å²) in [6, 6.07) is 7.03. The molecule has 1 nitrogen and oxygen atoms in total. The summed E-state index contributed by atoms with van der Waals surface area (Å²) >= 11 is 5.64. The van der Waals surface area contributed by atoms with Gasteiger partial charge in [-0.2, -0.15) is 0 Å². The zero-order chi connectivity index (χ0) is 10.8. The highest BCUT2D eigenvalue weighted by molar-refractivity contribution is 9.10. The van der Waals surface area contributed by atoms with E-state index in [-0.39, 0.29) is 0 Å². The van der Waals surface area contributed by atoms with Crippen LogP contribution >= 0.6 is 27.7 Å². The molecule has 15 heavy (non-hydrogen) atoms. The van der Waals surface area contributed by atoms with Crippen LogP contribution in [-0.2, 0) is 0 Å². The smallest absolute Gasteiger partial charge is 0.0455 e. The van der Waals surface area contributed by atoms with Crippen molar-refractivity contribution < 1.29 is 0 Å². The first-order chi connectivity index (χ1) is 7.27. The average molecular weight is 286 g/mol. The Kier molecular flexibility index (Phi) is 3.75. The van der Waals surface area contributed by atoms with Crippen LogP contribution in [0, 0.1) is 0 Å². The molecule has 2 unspecified atom stereocenters. The van der Waals surface area contributed by atoms with Crippen molar-refractivity contribution in [2.75, 3.05) is 6.54 Å². The Balaban J connectivity index is 2.35. The molecule has 1 aromatic rings. The second kappa shape index (κ2) is 4.89. The average Bonchev–Trinajstić information content (AvgIpc) is 2.59. The summed E-state index contributed by atoms with van der Waals surface area (Å²) in [7, 11) is 0. The normalized spacial score (nSPS) is 24.2. The molecule has 0 bridgehead atoms. The summed E-state index contributed by atoms with van der Waals surface area (Å²) in [5.41, 5.74) is 1.46. The van der Waals surface area contributed by atoms with Crippen molar-refractivity contribution in [1.29, 1.82) is 0 Å². The van der Waals surface area contributed by atoms with Gasteiger partial charge in [0, 0.05) is 20.7 Å². The molecule has 1 N–H and O–H groups in total. The van der Waals surface area contributed by atoms with E-state index < -0.39 is 0 Å². The lowest BCUT2D eigenvalue weighted by Gasteiger charge is -2.18. The van der Waals surface area contributed by atoms with Crippen LogP contribution in [0.4, 0.5) is 0 Å². The first-order valence-corrected chi connectivity index (χ1v) is 7.13. The zero-order valence-corrected chi connectivity index (χ0v) is 11.5. The predicted octanol–water partition coefficient (Wildman–Crippen LogP) is 3.98. The van der Waals surface area contributed by atoms with E-state index in [0.717, 1.165) is 6.54 Å². The number of rotatable bonds is 3. The summed E-state index contributed by atoms with van der Waals surface area (Å²) in [5, 5.41) is 4.27. The molecule has 0 spiro atoms. The third-order valence-electron chi connectivity index (χ3n) is 2.80. The van der Waals surface area contributed by atoms with E-state index >= 15 is 0 Å². The highest BCUT2D eigenvalue weighted by atomic mass is 79.9. The minimum absolute atomic E-state index is 0.525. The summed E-state index contributed by atoms with van der Waals surface area (Å²) in [6.45, 7) is 5.48. The van der Waals surface area contributed by atoms with E-state index in [1.165, 1.54) is 21.4 Å². The van der Waals surface area contributed by atoms with Gasteiger partial charge in [-0.15, -0.1) is 11.8 Å². The molecule has 1 heterocycles. The second-order valence-electron chi connectivity index (χ2n) is 3.76. The Morgan fingerprint density at radius 2 is 2.20 bits per heavy atom. The lowest BCUT2D eigenvalue weighted by atomic mass is 10.0. The standard InChI is InChI=1S/C12H16BrNS/c1-3-10-11(14-4-2)8-6-5-7-9(13)12(8)15-10/h5-7,10-11,14H,3-4H2,1-2H3. The van der Waals surface area contributed by atoms with Gasteiger partial charge >= 0.3 is 0 Å². The monoisotopic (exact) mass is 285 g/mol. The maximum atomic E-state index is 3.63. The Bertz CT molecular complexity index is 353. The molecule has 0 saturated heterocycles. The van der Waals surface area contributed by atoms with E-state index in [0.29, 0.717) is 11.3 Å². The van der Waals surface area contributed by atoms with Crippen LogP contribution in [0.25, 0.3) is 0 Å². The van der Waals surface area contributed by atoms with Gasteiger partial charge < -0.3 is 5.32 Å². The first kappa shape index (κ1) is 11.5. The molecule has 3 heteroatoms. The fourth-order valence-corrected chi connectivity index (χ4v) is 4.12. The van der Waals surface area contributed by atoms with Crippen molar-refractivity contribution in [2.24, 2.45) is 0 Å². The SMILES string of the molecule is CCNC1c2cccc(Br)c2SC1CC. The van der Waals surface area contributed by atoms with Crippen LogP contribution in [-0.4, -0.2) is 11.8 Å². The molecular weight excluding hydrogens is 270 g/mol. The Morgan fingerprint density at radius 1 is 1.40 bits per heavy atom. The lowest BCUT2D eigenvalue weighted by molar-refractivity contribution is 0.527. The number of halogens is 1. The molecular formula is C12H16BrNS. The fourth-order valence-electron chi connectivity index (χ4n) is 2.09. The van der Waals surface area contributed by atoms with Crippen molar-refractivity contribution in [3.63, 3.8) is 0 Å². The van der Waals surface area contributed by atoms with Gasteiger partial charge in [-0.1, -0.05) is 26.0 Å². The maximum absolute atomic E-state index is 3.63.